The average molecular weight is 488 g/mol. The van der Waals surface area contributed by atoms with E-state index >= 15 is 0 Å². The van der Waals surface area contributed by atoms with E-state index in [-0.39, 0.29) is 18.4 Å². The molecule has 1 aromatic carbocycles. The van der Waals surface area contributed by atoms with Crippen LogP contribution in [0.15, 0.2) is 30.3 Å². The molecular weight excluding hydrogens is 450 g/mol. The molecule has 3 N–H and O–H groups in total. The van der Waals surface area contributed by atoms with Gasteiger partial charge in [0.25, 0.3) is 5.78 Å². The molecule has 0 heterocycles. The van der Waals surface area contributed by atoms with Crippen LogP contribution in [0.25, 0.3) is 5.53 Å². The summed E-state index contributed by atoms with van der Waals surface area (Å²) in [6.45, 7) is 9.05. The minimum absolute atomic E-state index is 0.0560. The third kappa shape index (κ3) is 10.5. The van der Waals surface area contributed by atoms with Crippen molar-refractivity contribution in [3.05, 3.63) is 41.4 Å². The Labute approximate surface area is 206 Å². The molecule has 0 unspecified atom stereocenters. The van der Waals surface area contributed by atoms with Crippen molar-refractivity contribution in [1.29, 1.82) is 0 Å². The van der Waals surface area contributed by atoms with E-state index in [0.717, 1.165) is 18.2 Å². The van der Waals surface area contributed by atoms with Crippen LogP contribution in [0.3, 0.4) is 0 Å². The lowest BCUT2D eigenvalue weighted by Gasteiger charge is -2.27. The Morgan fingerprint density at radius 2 is 1.51 bits per heavy atom. The summed E-state index contributed by atoms with van der Waals surface area (Å²) in [5.74, 6) is -2.20. The van der Waals surface area contributed by atoms with Crippen molar-refractivity contribution in [1.82, 2.24) is 16.0 Å². The Kier molecular flexibility index (Phi) is 13.0. The van der Waals surface area contributed by atoms with Crippen molar-refractivity contribution in [2.45, 2.75) is 78.6 Å². The zero-order chi connectivity index (χ0) is 26.4. The van der Waals surface area contributed by atoms with Gasteiger partial charge in [-0.1, -0.05) is 77.8 Å². The van der Waals surface area contributed by atoms with Crippen molar-refractivity contribution in [3.8, 4) is 0 Å². The quantitative estimate of drug-likeness (QED) is 0.209. The van der Waals surface area contributed by atoms with Gasteiger partial charge in [-0.05, 0) is 23.8 Å². The first kappa shape index (κ1) is 29.5. The summed E-state index contributed by atoms with van der Waals surface area (Å²) in [6.07, 6.45) is 1.86. The lowest BCUT2D eigenvalue weighted by atomic mass is 9.98. The molecule has 0 aliphatic heterocycles. The third-order valence-corrected chi connectivity index (χ3v) is 5.37. The number of nitrogens with zero attached hydrogens (tertiary/aromatic N) is 2. The van der Waals surface area contributed by atoms with Crippen molar-refractivity contribution < 1.29 is 28.7 Å². The van der Waals surface area contributed by atoms with E-state index in [9.17, 15) is 19.2 Å². The molecule has 0 fully saturated rings. The Balaban J connectivity index is 2.85. The fourth-order valence-corrected chi connectivity index (χ4v) is 3.31. The van der Waals surface area contributed by atoms with Crippen LogP contribution >= 0.6 is 0 Å². The molecule has 0 saturated heterocycles. The maximum atomic E-state index is 13.0. The summed E-state index contributed by atoms with van der Waals surface area (Å²) in [7, 11) is 0. The van der Waals surface area contributed by atoms with Gasteiger partial charge in [0, 0.05) is 0 Å². The Hall–Kier alpha value is -3.52. The zero-order valence-electron chi connectivity index (χ0n) is 21.1. The summed E-state index contributed by atoms with van der Waals surface area (Å²) >= 11 is 0. The third-order valence-electron chi connectivity index (χ3n) is 5.37. The molecule has 192 valence electrons. The molecule has 0 radical (unpaired) electrons. The highest BCUT2D eigenvalue weighted by Crippen LogP contribution is 2.09. The van der Waals surface area contributed by atoms with Crippen molar-refractivity contribution >= 4 is 29.9 Å². The number of carbonyl (C=O) groups excluding carboxylic acids is 4. The Morgan fingerprint density at radius 1 is 0.943 bits per heavy atom. The first-order chi connectivity index (χ1) is 16.6. The zero-order valence-corrected chi connectivity index (χ0v) is 21.1. The van der Waals surface area contributed by atoms with Gasteiger partial charge < -0.3 is 26.2 Å². The monoisotopic (exact) mass is 487 g/mol. The number of ketones is 1. The molecule has 10 nitrogen and oxygen atoms in total. The topological polar surface area (TPSA) is 150 Å². The number of amides is 3. The van der Waals surface area contributed by atoms with Crippen LogP contribution < -0.4 is 16.0 Å². The summed E-state index contributed by atoms with van der Waals surface area (Å²) in [4.78, 5) is 53.3. The second-order valence-electron chi connectivity index (χ2n) is 9.01. The van der Waals surface area contributed by atoms with Gasteiger partial charge in [-0.3, -0.25) is 14.4 Å². The molecule has 1 rings (SSSR count). The van der Waals surface area contributed by atoms with E-state index in [1.807, 2.05) is 37.3 Å². The minimum Gasteiger partial charge on any atom is -0.445 e. The van der Waals surface area contributed by atoms with Gasteiger partial charge in [0.15, 0.2) is 0 Å². The number of benzene rings is 1. The molecular formula is C25H37N5O5. The normalized spacial score (nSPS) is 13.2. The van der Waals surface area contributed by atoms with E-state index in [0.29, 0.717) is 12.8 Å². The smallest absolute Gasteiger partial charge is 0.408 e. The number of alkyl carbamates (subject to hydrolysis) is 1. The molecule has 0 spiro atoms. The first-order valence-electron chi connectivity index (χ1n) is 11.9. The van der Waals surface area contributed by atoms with Gasteiger partial charge in [0.05, 0.1) is 6.04 Å². The number of hydrogen-bond donors (Lipinski definition) is 3. The maximum absolute atomic E-state index is 13.0. The van der Waals surface area contributed by atoms with Crippen LogP contribution in [0.2, 0.25) is 0 Å². The first-order valence-corrected chi connectivity index (χ1v) is 11.9. The highest BCUT2D eigenvalue weighted by Gasteiger charge is 2.32. The van der Waals surface area contributed by atoms with Gasteiger partial charge in [0.2, 0.25) is 11.8 Å². The van der Waals surface area contributed by atoms with Crippen LogP contribution in [-0.2, 0) is 25.7 Å². The summed E-state index contributed by atoms with van der Waals surface area (Å²) in [5.41, 5.74) is 9.49. The lowest BCUT2D eigenvalue weighted by Crippen LogP contribution is -2.58. The molecule has 3 amide bonds. The number of rotatable bonds is 14. The largest absolute Gasteiger partial charge is 0.445 e. The summed E-state index contributed by atoms with van der Waals surface area (Å²) in [6, 6.07) is 6.38. The van der Waals surface area contributed by atoms with Gasteiger partial charge in [-0.15, -0.1) is 0 Å². The molecule has 0 aliphatic rings. The van der Waals surface area contributed by atoms with Crippen molar-refractivity contribution in [2.24, 2.45) is 11.8 Å². The number of unbranched alkanes of at least 4 members (excludes halogenated alkanes) is 1. The number of Topliss-reactive ketones (excluding diaryl/α,β-unsaturated/α-hetero) is 1. The highest BCUT2D eigenvalue weighted by atomic mass is 16.5. The van der Waals surface area contributed by atoms with E-state index in [1.54, 1.807) is 27.7 Å². The molecule has 0 aliphatic carbocycles. The highest BCUT2D eigenvalue weighted by molar-refractivity contribution is 6.28. The summed E-state index contributed by atoms with van der Waals surface area (Å²) < 4.78 is 5.22. The van der Waals surface area contributed by atoms with Crippen LogP contribution in [0.1, 0.15) is 59.4 Å². The predicted molar refractivity (Wildman–Crippen MR) is 131 cm³/mol. The van der Waals surface area contributed by atoms with Crippen LogP contribution in [-0.4, -0.2) is 52.8 Å². The molecule has 0 aromatic heterocycles. The number of nitrogens with one attached hydrogen (secondary N) is 3. The van der Waals surface area contributed by atoms with Gasteiger partial charge >= 0.3 is 12.3 Å². The fourth-order valence-electron chi connectivity index (χ4n) is 3.31. The molecule has 3 atom stereocenters. The van der Waals surface area contributed by atoms with E-state index in [1.165, 1.54) is 0 Å². The van der Waals surface area contributed by atoms with E-state index in [2.05, 4.69) is 20.7 Å². The van der Waals surface area contributed by atoms with Gasteiger partial charge in [0.1, 0.15) is 18.7 Å². The summed E-state index contributed by atoms with van der Waals surface area (Å²) in [5, 5.41) is 7.92. The Bertz CT molecular complexity index is 897. The number of hydrogen-bond acceptors (Lipinski definition) is 5. The van der Waals surface area contributed by atoms with Gasteiger partial charge in [-0.25, -0.2) is 4.79 Å². The lowest BCUT2D eigenvalue weighted by molar-refractivity contribution is -0.133. The molecule has 1 aromatic rings. The average Bonchev–Trinajstić information content (AvgIpc) is 2.82. The van der Waals surface area contributed by atoms with E-state index < -0.39 is 41.8 Å². The van der Waals surface area contributed by atoms with Crippen LogP contribution in [0.4, 0.5) is 4.79 Å². The maximum Gasteiger partial charge on any atom is 0.408 e. The van der Waals surface area contributed by atoms with Crippen molar-refractivity contribution in [3.63, 3.8) is 0 Å². The standard InChI is InChI=1S/C25H37N5O5/c1-6-7-13-19(20(31)14-27-26)28-23(32)21(16(2)3)29-24(33)22(17(4)5)30-25(34)35-15-18-11-9-8-10-12-18/h8-12,14,16-17,19,21-22H,6-7,13,15H2,1-5H3,(H,28,32)(H,29,33)(H,30,34)/t19-,21-,22+/m0/s1. The second-order valence-corrected chi connectivity index (χ2v) is 9.01. The van der Waals surface area contributed by atoms with Gasteiger partial charge in [-0.2, -0.15) is 4.79 Å². The number of ether oxygens (including phenoxy) is 1. The van der Waals surface area contributed by atoms with Crippen LogP contribution in [0, 0.1) is 11.8 Å². The minimum atomic E-state index is -0.950. The van der Waals surface area contributed by atoms with Crippen molar-refractivity contribution in [2.75, 3.05) is 0 Å². The predicted octanol–water partition coefficient (Wildman–Crippen LogP) is 2.62. The Morgan fingerprint density at radius 3 is 2.06 bits per heavy atom. The fraction of sp³-hybridized carbons (Fsp3) is 0.560. The van der Waals surface area contributed by atoms with Crippen LogP contribution in [0.5, 0.6) is 0 Å². The van der Waals surface area contributed by atoms with E-state index in [4.69, 9.17) is 10.3 Å². The second kappa shape index (κ2) is 15.4. The molecule has 0 saturated carbocycles. The molecule has 10 heteroatoms. The SMILES string of the molecule is CCCC[C@H](NC(=O)[C@@H](NC(=O)[C@H](NC(=O)OCc1ccccc1)C(C)C)C(C)C)C(=O)C=[N+]=[N-]. The molecule has 0 bridgehead atoms. The molecule has 35 heavy (non-hydrogen) atoms. The number of carbonyl (C=O) groups is 4.